The van der Waals surface area contributed by atoms with Gasteiger partial charge in [0.25, 0.3) is 0 Å². The van der Waals surface area contributed by atoms with Gasteiger partial charge in [0.05, 0.1) is 12.7 Å². The summed E-state index contributed by atoms with van der Waals surface area (Å²) in [6.07, 6.45) is 3.53. The Morgan fingerprint density at radius 2 is 2.47 bits per heavy atom. The molecule has 1 aromatic rings. The largest absolute Gasteiger partial charge is 0.353 e. The standard InChI is InChI=1S/C9H17N5O/c1-2-10-4-3-5-14-7-9(12-13-14)6-11-8-15/h7-8,10H,2-6H2,1H3,(H,11,15). The third kappa shape index (κ3) is 4.55. The molecule has 0 aliphatic carbocycles. The average molecular weight is 211 g/mol. The van der Waals surface area contributed by atoms with Crippen molar-refractivity contribution in [2.24, 2.45) is 0 Å². The molecule has 1 aromatic heterocycles. The van der Waals surface area contributed by atoms with Gasteiger partial charge in [-0.15, -0.1) is 5.10 Å². The summed E-state index contributed by atoms with van der Waals surface area (Å²) in [6, 6.07) is 0. The van der Waals surface area contributed by atoms with Crippen LogP contribution in [0.3, 0.4) is 0 Å². The molecule has 15 heavy (non-hydrogen) atoms. The SMILES string of the molecule is CCNCCCn1cc(CNC=O)nn1. The molecule has 0 aliphatic rings. The van der Waals surface area contributed by atoms with Crippen LogP contribution < -0.4 is 10.6 Å². The van der Waals surface area contributed by atoms with E-state index in [9.17, 15) is 4.79 Å². The molecule has 0 bridgehead atoms. The van der Waals surface area contributed by atoms with E-state index in [0.717, 1.165) is 31.7 Å². The van der Waals surface area contributed by atoms with Gasteiger partial charge >= 0.3 is 0 Å². The Hall–Kier alpha value is -1.43. The van der Waals surface area contributed by atoms with Crippen molar-refractivity contribution in [2.75, 3.05) is 13.1 Å². The second-order valence-electron chi connectivity index (χ2n) is 3.18. The Morgan fingerprint density at radius 1 is 1.60 bits per heavy atom. The highest BCUT2D eigenvalue weighted by Gasteiger charge is 1.98. The van der Waals surface area contributed by atoms with Crippen LogP contribution in [-0.4, -0.2) is 34.5 Å². The fourth-order valence-electron chi connectivity index (χ4n) is 1.22. The lowest BCUT2D eigenvalue weighted by Crippen LogP contribution is -2.16. The Kier molecular flexibility index (Phi) is 5.39. The molecular weight excluding hydrogens is 194 g/mol. The molecular formula is C9H17N5O. The summed E-state index contributed by atoms with van der Waals surface area (Å²) in [4.78, 5) is 10.1. The van der Waals surface area contributed by atoms with Gasteiger partial charge < -0.3 is 10.6 Å². The first-order valence-electron chi connectivity index (χ1n) is 5.13. The summed E-state index contributed by atoms with van der Waals surface area (Å²) in [6.45, 7) is 5.35. The van der Waals surface area contributed by atoms with Gasteiger partial charge in [0.2, 0.25) is 6.41 Å². The zero-order valence-electron chi connectivity index (χ0n) is 8.94. The quantitative estimate of drug-likeness (QED) is 0.450. The van der Waals surface area contributed by atoms with Crippen molar-refractivity contribution in [1.29, 1.82) is 0 Å². The van der Waals surface area contributed by atoms with Crippen molar-refractivity contribution in [3.05, 3.63) is 11.9 Å². The molecule has 1 amide bonds. The summed E-state index contributed by atoms with van der Waals surface area (Å²) in [5.74, 6) is 0. The smallest absolute Gasteiger partial charge is 0.207 e. The lowest BCUT2D eigenvalue weighted by atomic mass is 10.4. The molecule has 0 fully saturated rings. The highest BCUT2D eigenvalue weighted by Crippen LogP contribution is 1.93. The van der Waals surface area contributed by atoms with Gasteiger partial charge in [-0.25, -0.2) is 0 Å². The van der Waals surface area contributed by atoms with E-state index in [1.165, 1.54) is 0 Å². The van der Waals surface area contributed by atoms with Gasteiger partial charge in [0.15, 0.2) is 0 Å². The van der Waals surface area contributed by atoms with Crippen LogP contribution in [0.5, 0.6) is 0 Å². The lowest BCUT2D eigenvalue weighted by molar-refractivity contribution is -0.109. The van der Waals surface area contributed by atoms with Crippen LogP contribution in [0.2, 0.25) is 0 Å². The van der Waals surface area contributed by atoms with Crippen molar-refractivity contribution < 1.29 is 4.79 Å². The summed E-state index contributed by atoms with van der Waals surface area (Å²) in [7, 11) is 0. The Labute approximate surface area is 89.0 Å². The molecule has 6 heteroatoms. The lowest BCUT2D eigenvalue weighted by Gasteiger charge is -2.00. The predicted octanol–water partition coefficient (Wildman–Crippen LogP) is -0.476. The third-order valence-electron chi connectivity index (χ3n) is 1.94. The molecule has 0 atom stereocenters. The fourth-order valence-corrected chi connectivity index (χ4v) is 1.22. The minimum absolute atomic E-state index is 0.441. The number of aromatic nitrogens is 3. The number of nitrogens with one attached hydrogen (secondary N) is 2. The van der Waals surface area contributed by atoms with E-state index in [0.29, 0.717) is 13.0 Å². The van der Waals surface area contributed by atoms with Crippen molar-refractivity contribution in [3.63, 3.8) is 0 Å². The molecule has 0 radical (unpaired) electrons. The summed E-state index contributed by atoms with van der Waals surface area (Å²) in [5.41, 5.74) is 0.783. The highest BCUT2D eigenvalue weighted by molar-refractivity contribution is 5.45. The molecule has 1 rings (SSSR count). The van der Waals surface area contributed by atoms with Crippen LogP contribution in [0, 0.1) is 0 Å². The van der Waals surface area contributed by atoms with Gasteiger partial charge in [-0.05, 0) is 19.5 Å². The van der Waals surface area contributed by atoms with Crippen LogP contribution in [-0.2, 0) is 17.9 Å². The Balaban J connectivity index is 2.23. The molecule has 0 saturated heterocycles. The molecule has 2 N–H and O–H groups in total. The molecule has 0 spiro atoms. The zero-order chi connectivity index (χ0) is 10.9. The summed E-state index contributed by atoms with van der Waals surface area (Å²) >= 11 is 0. The highest BCUT2D eigenvalue weighted by atomic mass is 16.1. The van der Waals surface area contributed by atoms with Gasteiger partial charge in [0, 0.05) is 6.54 Å². The number of nitrogens with zero attached hydrogens (tertiary/aromatic N) is 3. The van der Waals surface area contributed by atoms with Gasteiger partial charge in [-0.2, -0.15) is 0 Å². The van der Waals surface area contributed by atoms with Gasteiger partial charge in [-0.3, -0.25) is 9.48 Å². The first kappa shape index (κ1) is 11.6. The minimum Gasteiger partial charge on any atom is -0.353 e. The second kappa shape index (κ2) is 6.94. The van der Waals surface area contributed by atoms with Crippen molar-refractivity contribution in [2.45, 2.75) is 26.4 Å². The first-order chi connectivity index (χ1) is 7.36. The van der Waals surface area contributed by atoms with Crippen LogP contribution in [0.15, 0.2) is 6.20 Å². The van der Waals surface area contributed by atoms with Crippen molar-refractivity contribution >= 4 is 6.41 Å². The second-order valence-corrected chi connectivity index (χ2v) is 3.18. The number of hydrogen-bond acceptors (Lipinski definition) is 4. The van der Waals surface area contributed by atoms with Crippen molar-refractivity contribution in [1.82, 2.24) is 25.6 Å². The number of amides is 1. The number of carbonyl (C=O) groups excluding carboxylic acids is 1. The Morgan fingerprint density at radius 3 is 3.20 bits per heavy atom. The number of carbonyl (C=O) groups is 1. The normalized spacial score (nSPS) is 10.2. The van der Waals surface area contributed by atoms with Gasteiger partial charge in [-0.1, -0.05) is 12.1 Å². The molecule has 0 aromatic carbocycles. The van der Waals surface area contributed by atoms with E-state index in [1.807, 2.05) is 6.20 Å². The van der Waals surface area contributed by atoms with E-state index in [1.54, 1.807) is 4.68 Å². The molecule has 6 nitrogen and oxygen atoms in total. The van der Waals surface area contributed by atoms with Crippen LogP contribution >= 0.6 is 0 Å². The molecule has 1 heterocycles. The zero-order valence-corrected chi connectivity index (χ0v) is 8.94. The molecule has 0 saturated carbocycles. The number of aryl methyl sites for hydroxylation is 1. The van der Waals surface area contributed by atoms with E-state index in [-0.39, 0.29) is 0 Å². The average Bonchev–Trinajstić information content (AvgIpc) is 2.69. The monoisotopic (exact) mass is 211 g/mol. The maximum absolute atomic E-state index is 10.1. The molecule has 0 aliphatic heterocycles. The van der Waals surface area contributed by atoms with E-state index in [2.05, 4.69) is 27.9 Å². The fraction of sp³-hybridized carbons (Fsp3) is 0.667. The minimum atomic E-state index is 0.441. The Bertz CT molecular complexity index is 286. The molecule has 84 valence electrons. The van der Waals surface area contributed by atoms with E-state index in [4.69, 9.17) is 0 Å². The van der Waals surface area contributed by atoms with Crippen LogP contribution in [0.1, 0.15) is 19.0 Å². The predicted molar refractivity (Wildman–Crippen MR) is 56.1 cm³/mol. The third-order valence-corrected chi connectivity index (χ3v) is 1.94. The van der Waals surface area contributed by atoms with E-state index >= 15 is 0 Å². The van der Waals surface area contributed by atoms with Crippen LogP contribution in [0.25, 0.3) is 0 Å². The summed E-state index contributed by atoms with van der Waals surface area (Å²) in [5, 5.41) is 13.7. The molecule has 0 unspecified atom stereocenters. The van der Waals surface area contributed by atoms with Crippen LogP contribution in [0.4, 0.5) is 0 Å². The maximum atomic E-state index is 10.1. The first-order valence-corrected chi connectivity index (χ1v) is 5.13. The number of rotatable bonds is 8. The van der Waals surface area contributed by atoms with Gasteiger partial charge in [0.1, 0.15) is 5.69 Å². The maximum Gasteiger partial charge on any atom is 0.207 e. The van der Waals surface area contributed by atoms with Crippen molar-refractivity contribution in [3.8, 4) is 0 Å². The number of hydrogen-bond donors (Lipinski definition) is 2. The topological polar surface area (TPSA) is 71.8 Å². The summed E-state index contributed by atoms with van der Waals surface area (Å²) < 4.78 is 1.79. The van der Waals surface area contributed by atoms with E-state index < -0.39 is 0 Å².